The first kappa shape index (κ1) is 12.0. The molecule has 0 aliphatic carbocycles. The molecule has 3 nitrogen and oxygen atoms in total. The van der Waals surface area contributed by atoms with Crippen molar-refractivity contribution >= 4 is 5.82 Å². The van der Waals surface area contributed by atoms with Crippen molar-refractivity contribution < 1.29 is 4.74 Å². The van der Waals surface area contributed by atoms with Gasteiger partial charge in [0.1, 0.15) is 17.3 Å². The number of ether oxygens (including phenoxy) is 1. The summed E-state index contributed by atoms with van der Waals surface area (Å²) in [6.07, 6.45) is 2.68. The zero-order valence-electron chi connectivity index (χ0n) is 11.4. The number of rotatable bonds is 1. The van der Waals surface area contributed by atoms with Gasteiger partial charge in [0.15, 0.2) is 0 Å². The highest BCUT2D eigenvalue weighted by atomic mass is 16.5. The Kier molecular flexibility index (Phi) is 2.64. The van der Waals surface area contributed by atoms with Crippen LogP contribution in [0.2, 0.25) is 0 Å². The van der Waals surface area contributed by atoms with Crippen molar-refractivity contribution in [2.24, 2.45) is 0 Å². The van der Waals surface area contributed by atoms with Crippen LogP contribution in [0.25, 0.3) is 11.1 Å². The molecule has 0 amide bonds. The number of nitrogens with two attached hydrogens (primary N) is 1. The fourth-order valence-corrected chi connectivity index (χ4v) is 2.74. The topological polar surface area (TPSA) is 48.1 Å². The average molecular weight is 274 g/mol. The second-order valence-electron chi connectivity index (χ2n) is 5.14. The standard InChI is InChI=1S/C18H14N2O/c19-18-9-8-13(11-20-18)14-5-3-7-17-15(14)10-12-4-1-2-6-16(12)21-17/h1-9,11H,10H2,(H2,19,20). The van der Waals surface area contributed by atoms with E-state index in [9.17, 15) is 0 Å². The zero-order chi connectivity index (χ0) is 14.2. The summed E-state index contributed by atoms with van der Waals surface area (Å²) in [4.78, 5) is 4.19. The molecular formula is C18H14N2O. The molecule has 0 saturated heterocycles. The number of hydrogen-bond donors (Lipinski definition) is 1. The number of hydrogen-bond acceptors (Lipinski definition) is 3. The molecule has 2 aromatic carbocycles. The molecule has 2 N–H and O–H groups in total. The molecule has 21 heavy (non-hydrogen) atoms. The third kappa shape index (κ3) is 2.03. The van der Waals surface area contributed by atoms with Crippen LogP contribution < -0.4 is 10.5 Å². The minimum atomic E-state index is 0.533. The van der Waals surface area contributed by atoms with Crippen LogP contribution in [0.15, 0.2) is 60.8 Å². The van der Waals surface area contributed by atoms with E-state index in [4.69, 9.17) is 10.5 Å². The summed E-state index contributed by atoms with van der Waals surface area (Å²) >= 11 is 0. The van der Waals surface area contributed by atoms with E-state index in [0.29, 0.717) is 5.82 Å². The molecule has 1 aromatic heterocycles. The molecule has 3 heteroatoms. The summed E-state index contributed by atoms with van der Waals surface area (Å²) in [7, 11) is 0. The Balaban J connectivity index is 1.84. The molecule has 102 valence electrons. The quantitative estimate of drug-likeness (QED) is 0.570. The molecule has 0 saturated carbocycles. The highest BCUT2D eigenvalue weighted by Crippen LogP contribution is 2.40. The lowest BCUT2D eigenvalue weighted by Crippen LogP contribution is -2.04. The van der Waals surface area contributed by atoms with E-state index < -0.39 is 0 Å². The number of nitrogens with zero attached hydrogens (tertiary/aromatic N) is 1. The lowest BCUT2D eigenvalue weighted by atomic mass is 9.93. The first-order valence-corrected chi connectivity index (χ1v) is 6.91. The molecule has 2 heterocycles. The highest BCUT2D eigenvalue weighted by Gasteiger charge is 2.19. The fraction of sp³-hybridized carbons (Fsp3) is 0.0556. The van der Waals surface area contributed by atoms with Gasteiger partial charge in [-0.1, -0.05) is 30.3 Å². The highest BCUT2D eigenvalue weighted by molar-refractivity contribution is 5.72. The van der Waals surface area contributed by atoms with E-state index in [-0.39, 0.29) is 0 Å². The molecule has 0 spiro atoms. The van der Waals surface area contributed by atoms with Crippen molar-refractivity contribution in [3.05, 3.63) is 71.9 Å². The van der Waals surface area contributed by atoms with Crippen LogP contribution in [0.5, 0.6) is 11.5 Å². The Morgan fingerprint density at radius 3 is 2.62 bits per heavy atom. The van der Waals surface area contributed by atoms with Crippen LogP contribution >= 0.6 is 0 Å². The monoisotopic (exact) mass is 274 g/mol. The maximum absolute atomic E-state index is 6.02. The molecule has 1 aliphatic heterocycles. The lowest BCUT2D eigenvalue weighted by Gasteiger charge is -2.22. The third-order valence-electron chi connectivity index (χ3n) is 3.79. The SMILES string of the molecule is Nc1ccc(-c2cccc3c2Cc2ccccc2O3)cn1. The molecule has 1 aliphatic rings. The molecule has 4 rings (SSSR count). The van der Waals surface area contributed by atoms with Crippen molar-refractivity contribution in [3.8, 4) is 22.6 Å². The predicted octanol–water partition coefficient (Wildman–Crippen LogP) is 4.03. The molecule has 0 bridgehead atoms. The Morgan fingerprint density at radius 1 is 0.905 bits per heavy atom. The van der Waals surface area contributed by atoms with E-state index in [0.717, 1.165) is 29.0 Å². The van der Waals surface area contributed by atoms with E-state index in [1.165, 1.54) is 11.1 Å². The predicted molar refractivity (Wildman–Crippen MR) is 83.4 cm³/mol. The minimum Gasteiger partial charge on any atom is -0.457 e. The first-order valence-electron chi connectivity index (χ1n) is 6.91. The van der Waals surface area contributed by atoms with Gasteiger partial charge in [0.05, 0.1) is 0 Å². The van der Waals surface area contributed by atoms with Crippen LogP contribution in [0.3, 0.4) is 0 Å². The van der Waals surface area contributed by atoms with Gasteiger partial charge in [-0.05, 0) is 35.4 Å². The second kappa shape index (κ2) is 4.63. The maximum atomic E-state index is 6.02. The van der Waals surface area contributed by atoms with Gasteiger partial charge in [-0.2, -0.15) is 0 Å². The number of nitrogen functional groups attached to an aromatic ring is 1. The Labute approximate surface area is 123 Å². The Morgan fingerprint density at radius 2 is 1.76 bits per heavy atom. The van der Waals surface area contributed by atoms with Gasteiger partial charge in [0, 0.05) is 23.7 Å². The summed E-state index contributed by atoms with van der Waals surface area (Å²) in [5.74, 6) is 2.39. The van der Waals surface area contributed by atoms with Gasteiger partial charge in [0.2, 0.25) is 0 Å². The summed E-state index contributed by atoms with van der Waals surface area (Å²) in [6.45, 7) is 0. The number of pyridine rings is 1. The number of anilines is 1. The number of fused-ring (bicyclic) bond motifs is 2. The maximum Gasteiger partial charge on any atom is 0.131 e. The fourth-order valence-electron chi connectivity index (χ4n) is 2.74. The molecule has 0 radical (unpaired) electrons. The molecule has 0 atom stereocenters. The van der Waals surface area contributed by atoms with Crippen molar-refractivity contribution in [1.82, 2.24) is 4.98 Å². The van der Waals surface area contributed by atoms with E-state index in [2.05, 4.69) is 17.1 Å². The van der Waals surface area contributed by atoms with Crippen LogP contribution in [0.4, 0.5) is 5.82 Å². The second-order valence-corrected chi connectivity index (χ2v) is 5.14. The van der Waals surface area contributed by atoms with Crippen molar-refractivity contribution in [2.45, 2.75) is 6.42 Å². The van der Waals surface area contributed by atoms with Gasteiger partial charge in [-0.25, -0.2) is 4.98 Å². The summed E-state index contributed by atoms with van der Waals surface area (Å²) in [5.41, 5.74) is 10.3. The molecule has 3 aromatic rings. The number of para-hydroxylation sites is 1. The zero-order valence-corrected chi connectivity index (χ0v) is 11.4. The Bertz CT molecular complexity index is 810. The van der Waals surface area contributed by atoms with Crippen LogP contribution in [-0.4, -0.2) is 4.98 Å². The summed E-state index contributed by atoms with van der Waals surface area (Å²) < 4.78 is 6.02. The van der Waals surface area contributed by atoms with Gasteiger partial charge in [-0.15, -0.1) is 0 Å². The summed E-state index contributed by atoms with van der Waals surface area (Å²) in [6, 6.07) is 18.1. The average Bonchev–Trinajstić information content (AvgIpc) is 2.53. The van der Waals surface area contributed by atoms with Crippen LogP contribution in [-0.2, 0) is 6.42 Å². The van der Waals surface area contributed by atoms with Crippen molar-refractivity contribution in [1.29, 1.82) is 0 Å². The van der Waals surface area contributed by atoms with E-state index >= 15 is 0 Å². The Hall–Kier alpha value is -2.81. The van der Waals surface area contributed by atoms with Gasteiger partial charge in [-0.3, -0.25) is 0 Å². The van der Waals surface area contributed by atoms with Crippen molar-refractivity contribution in [2.75, 3.05) is 5.73 Å². The first-order chi connectivity index (χ1) is 10.3. The number of aromatic nitrogens is 1. The van der Waals surface area contributed by atoms with Crippen LogP contribution in [0, 0.1) is 0 Å². The van der Waals surface area contributed by atoms with E-state index in [1.54, 1.807) is 0 Å². The van der Waals surface area contributed by atoms with Gasteiger partial charge < -0.3 is 10.5 Å². The molecule has 0 unspecified atom stereocenters. The largest absolute Gasteiger partial charge is 0.457 e. The van der Waals surface area contributed by atoms with Crippen molar-refractivity contribution in [3.63, 3.8) is 0 Å². The van der Waals surface area contributed by atoms with Crippen LogP contribution in [0.1, 0.15) is 11.1 Å². The van der Waals surface area contributed by atoms with E-state index in [1.807, 2.05) is 48.7 Å². The molecule has 0 fully saturated rings. The van der Waals surface area contributed by atoms with Gasteiger partial charge in [0.25, 0.3) is 0 Å². The third-order valence-corrected chi connectivity index (χ3v) is 3.79. The number of benzene rings is 2. The summed E-state index contributed by atoms with van der Waals surface area (Å²) in [5, 5.41) is 0. The minimum absolute atomic E-state index is 0.533. The smallest absolute Gasteiger partial charge is 0.131 e. The lowest BCUT2D eigenvalue weighted by molar-refractivity contribution is 0.460. The normalized spacial score (nSPS) is 12.2. The molecular weight excluding hydrogens is 260 g/mol. The van der Waals surface area contributed by atoms with Gasteiger partial charge >= 0.3 is 0 Å².